The van der Waals surface area contributed by atoms with Crippen molar-refractivity contribution < 1.29 is 13.2 Å². The van der Waals surface area contributed by atoms with Crippen molar-refractivity contribution in [1.29, 1.82) is 0 Å². The van der Waals surface area contributed by atoms with Gasteiger partial charge < -0.3 is 10.2 Å². The highest BCUT2D eigenvalue weighted by molar-refractivity contribution is 7.89. The van der Waals surface area contributed by atoms with E-state index in [1.54, 1.807) is 36.3 Å². The van der Waals surface area contributed by atoms with Crippen LogP contribution in [-0.2, 0) is 17.1 Å². The van der Waals surface area contributed by atoms with Gasteiger partial charge in [-0.1, -0.05) is 17.7 Å². The maximum atomic E-state index is 13.6. The fraction of sp³-hybridized carbons (Fsp3) is 0.357. The van der Waals surface area contributed by atoms with Crippen LogP contribution >= 0.6 is 11.6 Å². The predicted octanol–water partition coefficient (Wildman–Crippen LogP) is 3.33. The first kappa shape index (κ1) is 29.4. The van der Waals surface area contributed by atoms with Crippen molar-refractivity contribution in [3.63, 3.8) is 0 Å². The summed E-state index contributed by atoms with van der Waals surface area (Å²) in [5.41, 5.74) is 3.06. The topological polar surface area (TPSA) is 152 Å². The molecule has 0 unspecified atom stereocenters. The van der Waals surface area contributed by atoms with Gasteiger partial charge in [0.15, 0.2) is 5.69 Å². The molecule has 1 saturated heterocycles. The number of carbonyl (C=O) groups excluding carboxylic acids is 1. The summed E-state index contributed by atoms with van der Waals surface area (Å²) in [5, 5.41) is 3.75. The Bertz CT molecular complexity index is 1820. The Morgan fingerprint density at radius 2 is 1.88 bits per heavy atom. The molecule has 0 saturated carbocycles. The van der Waals surface area contributed by atoms with E-state index in [0.717, 1.165) is 35.9 Å². The molecule has 220 valence electrons. The van der Waals surface area contributed by atoms with E-state index in [2.05, 4.69) is 25.2 Å². The van der Waals surface area contributed by atoms with E-state index >= 15 is 0 Å². The number of hydrogen-bond donors (Lipinski definition) is 2. The number of anilines is 2. The molecule has 12 nitrogen and oxygen atoms in total. The Labute approximate surface area is 248 Å². The number of halogens is 1. The Hall–Kier alpha value is -4.10. The molecule has 1 fully saturated rings. The Kier molecular flexibility index (Phi) is 8.15. The third-order valence-corrected chi connectivity index (χ3v) is 8.07. The molecule has 3 aromatic heterocycles. The van der Waals surface area contributed by atoms with E-state index in [1.165, 1.54) is 6.07 Å². The lowest BCUT2D eigenvalue weighted by atomic mass is 9.94. The molecule has 1 aliphatic heterocycles. The molecule has 2 N–H and O–H groups in total. The Morgan fingerprint density at radius 1 is 1.14 bits per heavy atom. The average Bonchev–Trinajstić information content (AvgIpc) is 2.95. The van der Waals surface area contributed by atoms with Crippen LogP contribution in [0.2, 0.25) is 5.15 Å². The van der Waals surface area contributed by atoms with Crippen LogP contribution in [0.4, 0.5) is 11.6 Å². The number of benzene rings is 1. The third-order valence-electron chi connectivity index (χ3n) is 7.30. The van der Waals surface area contributed by atoms with Crippen molar-refractivity contribution >= 4 is 50.1 Å². The van der Waals surface area contributed by atoms with Crippen LogP contribution in [-0.4, -0.2) is 58.2 Å². The summed E-state index contributed by atoms with van der Waals surface area (Å²) in [6.07, 6.45) is 7.76. The first-order valence-electron chi connectivity index (χ1n) is 13.4. The number of aromatic nitrogens is 5. The second kappa shape index (κ2) is 11.6. The number of aryl methyl sites for hydroxylation is 1. The van der Waals surface area contributed by atoms with Gasteiger partial charge in [-0.05, 0) is 50.5 Å². The van der Waals surface area contributed by atoms with Crippen molar-refractivity contribution in [1.82, 2.24) is 29.2 Å². The summed E-state index contributed by atoms with van der Waals surface area (Å²) in [7, 11) is -2.10. The van der Waals surface area contributed by atoms with Crippen LogP contribution in [0.3, 0.4) is 0 Å². The number of fused-ring (bicyclic) bond motifs is 1. The maximum absolute atomic E-state index is 13.6. The molecular formula is C28H31ClN8O4S. The fourth-order valence-electron chi connectivity index (χ4n) is 5.30. The summed E-state index contributed by atoms with van der Waals surface area (Å²) < 4.78 is 26.9. The smallest absolute Gasteiger partial charge is 0.285 e. The lowest BCUT2D eigenvalue weighted by Gasteiger charge is -2.33. The SMILES string of the molecule is Cc1cc([C@@H](C)Nc2ccc(Cl)nc2C(=O)NS(C)(=O)=O)c2nc(N3CCC(c4cnccn4)CC3)n(C)c(=O)c2c1. The lowest BCUT2D eigenvalue weighted by molar-refractivity contribution is 0.0977. The van der Waals surface area contributed by atoms with Crippen LogP contribution in [0, 0.1) is 6.92 Å². The van der Waals surface area contributed by atoms with Gasteiger partial charge in [-0.25, -0.2) is 23.1 Å². The van der Waals surface area contributed by atoms with E-state index in [0.29, 0.717) is 29.9 Å². The molecule has 1 atom stereocenters. The van der Waals surface area contributed by atoms with E-state index in [1.807, 2.05) is 30.7 Å². The number of piperidine rings is 1. The minimum absolute atomic E-state index is 0.0331. The maximum Gasteiger partial charge on any atom is 0.285 e. The van der Waals surface area contributed by atoms with E-state index < -0.39 is 22.0 Å². The molecule has 0 bridgehead atoms. The number of carbonyl (C=O) groups is 1. The van der Waals surface area contributed by atoms with Gasteiger partial charge in [-0.15, -0.1) is 0 Å². The molecular weight excluding hydrogens is 580 g/mol. The summed E-state index contributed by atoms with van der Waals surface area (Å²) >= 11 is 6.03. The Balaban J connectivity index is 1.49. The minimum atomic E-state index is -3.83. The molecule has 0 aliphatic carbocycles. The number of amides is 1. The first-order valence-corrected chi connectivity index (χ1v) is 15.7. The summed E-state index contributed by atoms with van der Waals surface area (Å²) in [6, 6.07) is 6.37. The second-order valence-electron chi connectivity index (χ2n) is 10.5. The largest absolute Gasteiger partial charge is 0.377 e. The average molecular weight is 611 g/mol. The summed E-state index contributed by atoms with van der Waals surface area (Å²) in [4.78, 5) is 46.1. The van der Waals surface area contributed by atoms with Crippen LogP contribution in [0.5, 0.6) is 0 Å². The standard InChI is InChI=1S/C28H31ClN8O4S/c1-16-13-19(17(2)32-21-5-6-23(29)33-25(21)26(38)35-42(4,40)41)24-20(14-16)27(39)36(3)28(34-24)37-11-7-18(8-12-37)22-15-30-9-10-31-22/h5-6,9-10,13-15,17-18,32H,7-8,11-12H2,1-4H3,(H,35,38)/t17-/m1/s1. The van der Waals surface area contributed by atoms with Crippen LogP contribution in [0.15, 0.2) is 47.7 Å². The minimum Gasteiger partial charge on any atom is -0.377 e. The van der Waals surface area contributed by atoms with Crippen molar-refractivity contribution in [3.05, 3.63) is 80.9 Å². The molecule has 1 amide bonds. The van der Waals surface area contributed by atoms with Gasteiger partial charge in [0.25, 0.3) is 11.5 Å². The van der Waals surface area contributed by atoms with Gasteiger partial charge in [0.2, 0.25) is 16.0 Å². The third kappa shape index (κ3) is 6.21. The summed E-state index contributed by atoms with van der Waals surface area (Å²) in [6.45, 7) is 5.18. The highest BCUT2D eigenvalue weighted by atomic mass is 35.5. The Morgan fingerprint density at radius 3 is 2.55 bits per heavy atom. The summed E-state index contributed by atoms with van der Waals surface area (Å²) in [5.74, 6) is -0.0521. The number of rotatable bonds is 7. The number of nitrogens with zero attached hydrogens (tertiary/aromatic N) is 6. The molecule has 42 heavy (non-hydrogen) atoms. The van der Waals surface area contributed by atoms with Crippen LogP contribution in [0.25, 0.3) is 10.9 Å². The van der Waals surface area contributed by atoms with Crippen molar-refractivity contribution in [2.75, 3.05) is 29.6 Å². The highest BCUT2D eigenvalue weighted by Crippen LogP contribution is 2.31. The van der Waals surface area contributed by atoms with E-state index in [9.17, 15) is 18.0 Å². The van der Waals surface area contributed by atoms with Gasteiger partial charge in [-0.2, -0.15) is 0 Å². The molecule has 1 aliphatic rings. The van der Waals surface area contributed by atoms with E-state index in [4.69, 9.17) is 16.6 Å². The van der Waals surface area contributed by atoms with E-state index in [-0.39, 0.29) is 28.0 Å². The van der Waals surface area contributed by atoms with Crippen molar-refractivity contribution in [2.45, 2.75) is 38.6 Å². The van der Waals surface area contributed by atoms with Gasteiger partial charge in [0, 0.05) is 50.2 Å². The number of hydrogen-bond acceptors (Lipinski definition) is 10. The second-order valence-corrected chi connectivity index (χ2v) is 12.7. The zero-order chi connectivity index (χ0) is 30.2. The highest BCUT2D eigenvalue weighted by Gasteiger charge is 2.26. The molecule has 1 aromatic carbocycles. The molecule has 5 rings (SSSR count). The van der Waals surface area contributed by atoms with Crippen molar-refractivity contribution in [3.8, 4) is 0 Å². The van der Waals surface area contributed by atoms with Gasteiger partial charge >= 0.3 is 0 Å². The number of pyridine rings is 1. The molecule has 0 radical (unpaired) electrons. The predicted molar refractivity (Wildman–Crippen MR) is 162 cm³/mol. The monoisotopic (exact) mass is 610 g/mol. The molecule has 0 spiro atoms. The van der Waals surface area contributed by atoms with Gasteiger partial charge in [0.05, 0.1) is 34.6 Å². The van der Waals surface area contributed by atoms with Crippen LogP contribution in [0.1, 0.15) is 59.0 Å². The zero-order valence-electron chi connectivity index (χ0n) is 23.6. The fourth-order valence-corrected chi connectivity index (χ4v) is 5.88. The van der Waals surface area contributed by atoms with Gasteiger partial charge in [0.1, 0.15) is 5.15 Å². The molecule has 4 aromatic rings. The first-order chi connectivity index (χ1) is 19.9. The normalized spacial score (nSPS) is 15.0. The number of nitrogens with one attached hydrogen (secondary N) is 2. The zero-order valence-corrected chi connectivity index (χ0v) is 25.2. The van der Waals surface area contributed by atoms with Crippen molar-refractivity contribution in [2.24, 2.45) is 7.05 Å². The van der Waals surface area contributed by atoms with Gasteiger partial charge in [-0.3, -0.25) is 24.1 Å². The molecule has 14 heteroatoms. The number of sulfonamides is 1. The van der Waals surface area contributed by atoms with Crippen LogP contribution < -0.4 is 20.5 Å². The molecule has 4 heterocycles. The quantitative estimate of drug-likeness (QED) is 0.298. The lowest BCUT2D eigenvalue weighted by Crippen LogP contribution is -2.38.